The van der Waals surface area contributed by atoms with Crippen LogP contribution in [0.15, 0.2) is 18.2 Å². The van der Waals surface area contributed by atoms with E-state index in [4.69, 9.17) is 4.74 Å². The fourth-order valence-corrected chi connectivity index (χ4v) is 1.98. The normalized spacial score (nSPS) is 19.7. The van der Waals surface area contributed by atoms with Gasteiger partial charge in [0.15, 0.2) is 6.61 Å². The molecule has 7 nitrogen and oxygen atoms in total. The fourth-order valence-electron chi connectivity index (χ4n) is 1.98. The number of nitro benzene ring substituents is 1. The summed E-state index contributed by atoms with van der Waals surface area (Å²) in [5.74, 6) is -0.801. The van der Waals surface area contributed by atoms with E-state index in [0.717, 1.165) is 6.42 Å². The minimum absolute atomic E-state index is 0.0893. The molecule has 0 aromatic heterocycles. The van der Waals surface area contributed by atoms with E-state index in [1.54, 1.807) is 13.0 Å². The third-order valence-electron chi connectivity index (χ3n) is 3.38. The maximum Gasteiger partial charge on any atom is 0.309 e. The zero-order chi connectivity index (χ0) is 15.6. The molecule has 1 amide bonds. The summed E-state index contributed by atoms with van der Waals surface area (Å²) in [4.78, 5) is 33.5. The number of carbonyl (C=O) groups excluding carboxylic acids is 2. The second-order valence-corrected chi connectivity index (χ2v) is 5.25. The zero-order valence-corrected chi connectivity index (χ0v) is 11.8. The van der Waals surface area contributed by atoms with Crippen LogP contribution in [0.25, 0.3) is 0 Å². The van der Waals surface area contributed by atoms with Crippen molar-refractivity contribution in [1.29, 1.82) is 0 Å². The second kappa shape index (κ2) is 5.90. The van der Waals surface area contributed by atoms with Gasteiger partial charge in [-0.05, 0) is 30.9 Å². The van der Waals surface area contributed by atoms with Crippen molar-refractivity contribution in [3.8, 4) is 0 Å². The number of nitrogens with one attached hydrogen (secondary N) is 1. The lowest BCUT2D eigenvalue weighted by atomic mass is 10.2. The van der Waals surface area contributed by atoms with Gasteiger partial charge in [-0.1, -0.05) is 13.0 Å². The third kappa shape index (κ3) is 3.77. The Hall–Kier alpha value is -2.44. The van der Waals surface area contributed by atoms with Crippen molar-refractivity contribution in [2.75, 3.05) is 11.9 Å². The molecule has 2 rings (SSSR count). The summed E-state index contributed by atoms with van der Waals surface area (Å²) in [5, 5.41) is 13.3. The van der Waals surface area contributed by atoms with Crippen LogP contribution in [-0.2, 0) is 14.3 Å². The van der Waals surface area contributed by atoms with E-state index in [2.05, 4.69) is 5.32 Å². The first kappa shape index (κ1) is 15.0. The van der Waals surface area contributed by atoms with E-state index in [1.165, 1.54) is 12.1 Å². The lowest BCUT2D eigenvalue weighted by Crippen LogP contribution is -2.22. The van der Waals surface area contributed by atoms with Gasteiger partial charge in [0.1, 0.15) is 5.69 Å². The number of esters is 1. The molecule has 1 aromatic carbocycles. The third-order valence-corrected chi connectivity index (χ3v) is 3.38. The van der Waals surface area contributed by atoms with Crippen LogP contribution in [0.5, 0.6) is 0 Å². The van der Waals surface area contributed by atoms with Crippen LogP contribution in [0.3, 0.4) is 0 Å². The molecule has 1 fully saturated rings. The SMILES string of the molecule is Cc1ccc(NC(=O)COC(=O)[C@H]2C[C@@H]2C)c([N+](=O)[O-])c1. The van der Waals surface area contributed by atoms with E-state index in [1.807, 2.05) is 6.92 Å². The van der Waals surface area contributed by atoms with Crippen molar-refractivity contribution < 1.29 is 19.2 Å². The Morgan fingerprint density at radius 2 is 2.14 bits per heavy atom. The van der Waals surface area contributed by atoms with Crippen LogP contribution in [0, 0.1) is 28.9 Å². The number of nitro groups is 1. The van der Waals surface area contributed by atoms with E-state index in [-0.39, 0.29) is 17.3 Å². The van der Waals surface area contributed by atoms with Gasteiger partial charge in [-0.3, -0.25) is 19.7 Å². The molecule has 0 aliphatic heterocycles. The number of ether oxygens (including phenoxy) is 1. The van der Waals surface area contributed by atoms with Crippen molar-refractivity contribution in [1.82, 2.24) is 0 Å². The first-order valence-electron chi connectivity index (χ1n) is 6.60. The Bertz CT molecular complexity index is 599. The molecule has 0 heterocycles. The minimum atomic E-state index is -0.594. The van der Waals surface area contributed by atoms with Gasteiger partial charge in [0.05, 0.1) is 10.8 Å². The van der Waals surface area contributed by atoms with Crippen LogP contribution >= 0.6 is 0 Å². The van der Waals surface area contributed by atoms with Crippen LogP contribution in [-0.4, -0.2) is 23.4 Å². The topological polar surface area (TPSA) is 98.5 Å². The minimum Gasteiger partial charge on any atom is -0.455 e. The van der Waals surface area contributed by atoms with Gasteiger partial charge in [-0.25, -0.2) is 0 Å². The number of rotatable bonds is 5. The van der Waals surface area contributed by atoms with Crippen LogP contribution in [0.2, 0.25) is 0 Å². The number of benzene rings is 1. The van der Waals surface area contributed by atoms with Gasteiger partial charge in [0.2, 0.25) is 0 Å². The van der Waals surface area contributed by atoms with Gasteiger partial charge in [0, 0.05) is 6.07 Å². The van der Waals surface area contributed by atoms with Crippen LogP contribution in [0.1, 0.15) is 18.9 Å². The summed E-state index contributed by atoms with van der Waals surface area (Å²) in [6.07, 6.45) is 0.782. The first-order valence-corrected chi connectivity index (χ1v) is 6.60. The number of nitrogens with zero attached hydrogens (tertiary/aromatic N) is 1. The number of hydrogen-bond donors (Lipinski definition) is 1. The Morgan fingerprint density at radius 1 is 1.48 bits per heavy atom. The van der Waals surface area contributed by atoms with Crippen molar-refractivity contribution in [3.63, 3.8) is 0 Å². The molecule has 2 atom stereocenters. The molecular weight excluding hydrogens is 276 g/mol. The van der Waals surface area contributed by atoms with Gasteiger partial charge >= 0.3 is 5.97 Å². The molecule has 1 aromatic rings. The molecule has 7 heteroatoms. The quantitative estimate of drug-likeness (QED) is 0.508. The molecule has 1 aliphatic carbocycles. The molecule has 1 aliphatic rings. The lowest BCUT2D eigenvalue weighted by Gasteiger charge is -2.07. The average Bonchev–Trinajstić information content (AvgIpc) is 3.15. The monoisotopic (exact) mass is 292 g/mol. The summed E-state index contributed by atoms with van der Waals surface area (Å²) in [7, 11) is 0. The number of carbonyl (C=O) groups is 2. The average molecular weight is 292 g/mol. The summed E-state index contributed by atoms with van der Waals surface area (Å²) in [5.41, 5.74) is 0.616. The fraction of sp³-hybridized carbons (Fsp3) is 0.429. The maximum absolute atomic E-state index is 11.7. The van der Waals surface area contributed by atoms with Gasteiger partial charge in [-0.15, -0.1) is 0 Å². The number of aryl methyl sites for hydroxylation is 1. The predicted molar refractivity (Wildman–Crippen MR) is 74.7 cm³/mol. The standard InChI is InChI=1S/C14H16N2O5/c1-8-3-4-11(12(5-8)16(19)20)15-13(17)7-21-14(18)10-6-9(10)2/h3-5,9-10H,6-7H2,1-2H3,(H,15,17)/t9-,10-/m0/s1. The van der Waals surface area contributed by atoms with E-state index < -0.39 is 23.4 Å². The Balaban J connectivity index is 1.93. The Labute approximate surface area is 121 Å². The van der Waals surface area contributed by atoms with Crippen LogP contribution in [0.4, 0.5) is 11.4 Å². The predicted octanol–water partition coefficient (Wildman–Crippen LogP) is 2.04. The molecule has 0 bridgehead atoms. The van der Waals surface area contributed by atoms with Crippen molar-refractivity contribution in [2.24, 2.45) is 11.8 Å². The molecule has 0 spiro atoms. The van der Waals surface area contributed by atoms with Crippen molar-refractivity contribution in [2.45, 2.75) is 20.3 Å². The Morgan fingerprint density at radius 3 is 2.71 bits per heavy atom. The van der Waals surface area contributed by atoms with E-state index in [0.29, 0.717) is 11.5 Å². The van der Waals surface area contributed by atoms with Gasteiger partial charge < -0.3 is 10.1 Å². The second-order valence-electron chi connectivity index (χ2n) is 5.25. The highest BCUT2D eigenvalue weighted by molar-refractivity contribution is 5.95. The highest BCUT2D eigenvalue weighted by atomic mass is 16.6. The number of amides is 1. The molecule has 21 heavy (non-hydrogen) atoms. The number of anilines is 1. The molecule has 0 saturated heterocycles. The van der Waals surface area contributed by atoms with Crippen LogP contribution < -0.4 is 5.32 Å². The molecule has 0 radical (unpaired) electrons. The maximum atomic E-state index is 11.7. The molecule has 112 valence electrons. The summed E-state index contributed by atoms with van der Waals surface area (Å²) in [6, 6.07) is 4.48. The smallest absolute Gasteiger partial charge is 0.309 e. The molecule has 1 saturated carbocycles. The van der Waals surface area contributed by atoms with Crippen molar-refractivity contribution in [3.05, 3.63) is 33.9 Å². The zero-order valence-electron chi connectivity index (χ0n) is 11.8. The van der Waals surface area contributed by atoms with Gasteiger partial charge in [-0.2, -0.15) is 0 Å². The summed E-state index contributed by atoms with van der Waals surface area (Å²) in [6.45, 7) is 3.21. The van der Waals surface area contributed by atoms with Crippen molar-refractivity contribution >= 4 is 23.3 Å². The highest BCUT2D eigenvalue weighted by Crippen LogP contribution is 2.38. The largest absolute Gasteiger partial charge is 0.455 e. The van der Waals surface area contributed by atoms with E-state index in [9.17, 15) is 19.7 Å². The Kier molecular flexibility index (Phi) is 4.21. The lowest BCUT2D eigenvalue weighted by molar-refractivity contribution is -0.384. The molecular formula is C14H16N2O5. The van der Waals surface area contributed by atoms with Gasteiger partial charge in [0.25, 0.3) is 11.6 Å². The molecule has 1 N–H and O–H groups in total. The summed E-state index contributed by atoms with van der Waals surface area (Å²) >= 11 is 0. The number of hydrogen-bond acceptors (Lipinski definition) is 5. The highest BCUT2D eigenvalue weighted by Gasteiger charge is 2.40. The van der Waals surface area contributed by atoms with E-state index >= 15 is 0 Å². The summed E-state index contributed by atoms with van der Waals surface area (Å²) < 4.78 is 4.87. The molecule has 0 unspecified atom stereocenters. The first-order chi connectivity index (χ1) is 9.88.